The van der Waals surface area contributed by atoms with Crippen LogP contribution in [0.4, 0.5) is 0 Å². The van der Waals surface area contributed by atoms with Crippen LogP contribution in [0.25, 0.3) is 0 Å². The summed E-state index contributed by atoms with van der Waals surface area (Å²) in [6.45, 7) is 5.23. The second-order valence-corrected chi connectivity index (χ2v) is 10.6. The van der Waals surface area contributed by atoms with Gasteiger partial charge in [0.25, 0.3) is 5.91 Å². The number of rotatable bonds is 6. The third kappa shape index (κ3) is 5.61. The maximum absolute atomic E-state index is 13.1. The molecule has 0 unspecified atom stereocenters. The quantitative estimate of drug-likeness (QED) is 0.692. The minimum Gasteiger partial charge on any atom is -0.348 e. The van der Waals surface area contributed by atoms with Gasteiger partial charge in [0, 0.05) is 64.3 Å². The third-order valence-corrected chi connectivity index (χ3v) is 8.17. The van der Waals surface area contributed by atoms with Gasteiger partial charge in [0.05, 0.1) is 4.90 Å². The number of hydrogen-bond acceptors (Lipinski definition) is 5. The summed E-state index contributed by atoms with van der Waals surface area (Å²) in [5.41, 5.74) is 1.58. The first kappa shape index (κ1) is 23.4. The fourth-order valence-corrected chi connectivity index (χ4v) is 5.86. The third-order valence-electron chi connectivity index (χ3n) is 6.27. The molecule has 2 saturated heterocycles. The summed E-state index contributed by atoms with van der Waals surface area (Å²) in [5, 5.41) is 3.05. The lowest BCUT2D eigenvalue weighted by atomic mass is 10.2. The lowest BCUT2D eigenvalue weighted by molar-refractivity contribution is -0.129. The van der Waals surface area contributed by atoms with E-state index in [1.54, 1.807) is 17.0 Å². The van der Waals surface area contributed by atoms with Gasteiger partial charge in [0.15, 0.2) is 0 Å². The van der Waals surface area contributed by atoms with Crippen molar-refractivity contribution in [3.05, 3.63) is 65.7 Å². The van der Waals surface area contributed by atoms with E-state index in [4.69, 9.17) is 0 Å². The molecule has 2 amide bonds. The summed E-state index contributed by atoms with van der Waals surface area (Å²) < 4.78 is 27.5. The Labute approximate surface area is 195 Å². The highest BCUT2D eigenvalue weighted by Gasteiger charge is 2.30. The number of piperazine rings is 1. The van der Waals surface area contributed by atoms with Crippen molar-refractivity contribution in [2.75, 3.05) is 39.3 Å². The van der Waals surface area contributed by atoms with Gasteiger partial charge in [-0.2, -0.15) is 4.31 Å². The molecular weight excluding hydrogens is 440 g/mol. The predicted octanol–water partition coefficient (Wildman–Crippen LogP) is 1.54. The van der Waals surface area contributed by atoms with E-state index in [9.17, 15) is 18.0 Å². The van der Waals surface area contributed by atoms with Gasteiger partial charge in [0.1, 0.15) is 0 Å². The average Bonchev–Trinajstić information content (AvgIpc) is 3.26. The van der Waals surface area contributed by atoms with Gasteiger partial charge in [0.2, 0.25) is 15.9 Å². The Morgan fingerprint density at radius 1 is 0.970 bits per heavy atom. The topological polar surface area (TPSA) is 90.0 Å². The van der Waals surface area contributed by atoms with E-state index in [1.165, 1.54) is 28.9 Å². The van der Waals surface area contributed by atoms with Crippen LogP contribution in [0.3, 0.4) is 0 Å². The fraction of sp³-hybridized carbons (Fsp3) is 0.417. The van der Waals surface area contributed by atoms with E-state index < -0.39 is 10.0 Å². The molecule has 33 heavy (non-hydrogen) atoms. The van der Waals surface area contributed by atoms with Crippen LogP contribution in [0.5, 0.6) is 0 Å². The number of hydrogen-bond donors (Lipinski definition) is 1. The molecule has 1 atom stereocenters. The molecule has 0 aromatic heterocycles. The highest BCUT2D eigenvalue weighted by atomic mass is 32.2. The number of likely N-dealkylation sites (tertiary alicyclic amines) is 1. The fourth-order valence-electron chi connectivity index (χ4n) is 4.39. The number of amides is 2. The molecule has 2 aromatic carbocycles. The van der Waals surface area contributed by atoms with Crippen LogP contribution >= 0.6 is 0 Å². The molecule has 4 rings (SSSR count). The number of sulfonamides is 1. The first-order valence-corrected chi connectivity index (χ1v) is 12.7. The number of benzene rings is 2. The second-order valence-electron chi connectivity index (χ2n) is 8.62. The summed E-state index contributed by atoms with van der Waals surface area (Å²) in [4.78, 5) is 28.4. The molecule has 0 aliphatic carbocycles. The zero-order chi connectivity index (χ0) is 23.4. The molecule has 0 radical (unpaired) electrons. The van der Waals surface area contributed by atoms with Gasteiger partial charge in [-0.1, -0.05) is 36.4 Å². The van der Waals surface area contributed by atoms with Crippen LogP contribution < -0.4 is 5.32 Å². The van der Waals surface area contributed by atoms with Gasteiger partial charge in [-0.25, -0.2) is 8.42 Å². The number of carbonyl (C=O) groups excluding carboxylic acids is 2. The summed E-state index contributed by atoms with van der Waals surface area (Å²) >= 11 is 0. The normalized spacial score (nSPS) is 20.0. The average molecular weight is 471 g/mol. The van der Waals surface area contributed by atoms with Crippen molar-refractivity contribution in [2.45, 2.75) is 30.8 Å². The smallest absolute Gasteiger partial charge is 0.251 e. The van der Waals surface area contributed by atoms with Crippen LogP contribution in [0.1, 0.15) is 29.3 Å². The van der Waals surface area contributed by atoms with E-state index in [1.807, 2.05) is 18.2 Å². The second kappa shape index (κ2) is 10.0. The Morgan fingerprint density at radius 2 is 1.70 bits per heavy atom. The van der Waals surface area contributed by atoms with E-state index in [0.717, 1.165) is 26.1 Å². The zero-order valence-electron chi connectivity index (χ0n) is 18.8. The lowest BCUT2D eigenvalue weighted by Gasteiger charge is -2.33. The number of nitrogens with one attached hydrogen (secondary N) is 1. The molecule has 2 heterocycles. The molecule has 0 saturated carbocycles. The monoisotopic (exact) mass is 470 g/mol. The van der Waals surface area contributed by atoms with Crippen LogP contribution in [0.15, 0.2) is 59.5 Å². The molecule has 2 fully saturated rings. The maximum Gasteiger partial charge on any atom is 0.251 e. The summed E-state index contributed by atoms with van der Waals surface area (Å²) in [7, 11) is -3.73. The summed E-state index contributed by atoms with van der Waals surface area (Å²) in [6, 6.07) is 16.5. The van der Waals surface area contributed by atoms with E-state index in [2.05, 4.69) is 22.3 Å². The van der Waals surface area contributed by atoms with Crippen molar-refractivity contribution in [3.63, 3.8) is 0 Å². The van der Waals surface area contributed by atoms with Crippen molar-refractivity contribution in [3.8, 4) is 0 Å². The molecule has 9 heteroatoms. The summed E-state index contributed by atoms with van der Waals surface area (Å²) in [6.07, 6.45) is 0.858. The molecule has 2 aliphatic rings. The van der Waals surface area contributed by atoms with Gasteiger partial charge >= 0.3 is 0 Å². The lowest BCUT2D eigenvalue weighted by Crippen LogP contribution is -2.49. The van der Waals surface area contributed by atoms with E-state index in [-0.39, 0.29) is 35.8 Å². The minimum atomic E-state index is -3.73. The number of nitrogens with zero attached hydrogens (tertiary/aromatic N) is 3. The van der Waals surface area contributed by atoms with Gasteiger partial charge in [-0.3, -0.25) is 14.5 Å². The van der Waals surface area contributed by atoms with Gasteiger partial charge in [-0.05, 0) is 30.2 Å². The molecule has 2 aliphatic heterocycles. The molecule has 1 N–H and O–H groups in total. The zero-order valence-corrected chi connectivity index (χ0v) is 19.6. The SMILES string of the molecule is CC(=O)N1CCN(S(=O)(=O)c2cccc(C(=O)N[C@H]3CCN(Cc4ccccc4)C3)c2)CC1. The molecular formula is C24H30N4O4S. The van der Waals surface area contributed by atoms with Crippen molar-refractivity contribution in [1.29, 1.82) is 0 Å². The highest BCUT2D eigenvalue weighted by Crippen LogP contribution is 2.20. The first-order chi connectivity index (χ1) is 15.8. The summed E-state index contributed by atoms with van der Waals surface area (Å²) in [5.74, 6) is -0.319. The van der Waals surface area contributed by atoms with Crippen LogP contribution in [-0.2, 0) is 21.4 Å². The molecule has 2 aromatic rings. The van der Waals surface area contributed by atoms with E-state index in [0.29, 0.717) is 18.7 Å². The Balaban J connectivity index is 1.36. The van der Waals surface area contributed by atoms with Crippen LogP contribution in [-0.4, -0.2) is 79.6 Å². The minimum absolute atomic E-state index is 0.0288. The molecule has 0 spiro atoms. The van der Waals surface area contributed by atoms with Crippen molar-refractivity contribution >= 4 is 21.8 Å². The largest absolute Gasteiger partial charge is 0.348 e. The number of carbonyl (C=O) groups is 2. The van der Waals surface area contributed by atoms with Crippen molar-refractivity contribution in [1.82, 2.24) is 19.4 Å². The Kier molecular flexibility index (Phi) is 7.11. The first-order valence-electron chi connectivity index (χ1n) is 11.3. The standard InChI is InChI=1S/C24H30N4O4S/c1-19(29)27-12-14-28(15-13-27)33(31,32)23-9-5-8-21(16-23)24(30)25-22-10-11-26(18-22)17-20-6-3-2-4-7-20/h2-9,16,22H,10-15,17-18H2,1H3,(H,25,30)/t22-/m0/s1. The Bertz CT molecular complexity index is 1100. The molecule has 0 bridgehead atoms. The van der Waals surface area contributed by atoms with Crippen LogP contribution in [0, 0.1) is 0 Å². The van der Waals surface area contributed by atoms with Gasteiger partial charge in [-0.15, -0.1) is 0 Å². The van der Waals surface area contributed by atoms with Crippen molar-refractivity contribution < 1.29 is 18.0 Å². The molecule has 8 nitrogen and oxygen atoms in total. The molecule has 176 valence electrons. The maximum atomic E-state index is 13.1. The Hall–Kier alpha value is -2.75. The highest BCUT2D eigenvalue weighted by molar-refractivity contribution is 7.89. The predicted molar refractivity (Wildman–Crippen MR) is 125 cm³/mol. The Morgan fingerprint density at radius 3 is 2.39 bits per heavy atom. The van der Waals surface area contributed by atoms with E-state index >= 15 is 0 Å². The van der Waals surface area contributed by atoms with Gasteiger partial charge < -0.3 is 10.2 Å². The van der Waals surface area contributed by atoms with Crippen molar-refractivity contribution in [2.24, 2.45) is 0 Å². The van der Waals surface area contributed by atoms with Crippen LogP contribution in [0.2, 0.25) is 0 Å².